The second-order valence-electron chi connectivity index (χ2n) is 6.19. The first-order valence-electron chi connectivity index (χ1n) is 7.12. The lowest BCUT2D eigenvalue weighted by Crippen LogP contribution is -2.33. The molecule has 0 spiro atoms. The van der Waals surface area contributed by atoms with E-state index in [1.165, 1.54) is 11.5 Å². The molecule has 1 aliphatic heterocycles. The van der Waals surface area contributed by atoms with Gasteiger partial charge in [0.25, 0.3) is 5.91 Å². The molecule has 1 amide bonds. The van der Waals surface area contributed by atoms with E-state index in [1.54, 1.807) is 6.07 Å². The van der Waals surface area contributed by atoms with Gasteiger partial charge in [0.1, 0.15) is 5.82 Å². The van der Waals surface area contributed by atoms with Crippen molar-refractivity contribution < 1.29 is 4.79 Å². The van der Waals surface area contributed by atoms with Crippen molar-refractivity contribution >= 4 is 35.2 Å². The van der Waals surface area contributed by atoms with Crippen molar-refractivity contribution in [2.45, 2.75) is 31.4 Å². The number of thioether (sulfide) groups is 2. The van der Waals surface area contributed by atoms with Gasteiger partial charge in [0.2, 0.25) is 0 Å². The number of rotatable bonds is 3. The van der Waals surface area contributed by atoms with E-state index >= 15 is 0 Å². The second kappa shape index (κ2) is 6.92. The van der Waals surface area contributed by atoms with Gasteiger partial charge in [-0.25, -0.2) is 4.98 Å². The number of carbonyl (C=O) groups is 1. The van der Waals surface area contributed by atoms with E-state index in [-0.39, 0.29) is 11.3 Å². The van der Waals surface area contributed by atoms with E-state index in [9.17, 15) is 4.79 Å². The first-order chi connectivity index (χ1) is 9.86. The topological polar surface area (TPSA) is 68.0 Å². The summed E-state index contributed by atoms with van der Waals surface area (Å²) in [5, 5.41) is 3.53. The zero-order valence-corrected chi connectivity index (χ0v) is 14.4. The van der Waals surface area contributed by atoms with E-state index in [1.807, 2.05) is 29.6 Å². The summed E-state index contributed by atoms with van der Waals surface area (Å²) in [4.78, 5) is 16.6. The van der Waals surface area contributed by atoms with Crippen molar-refractivity contribution in [3.05, 3.63) is 23.4 Å². The zero-order valence-electron chi connectivity index (χ0n) is 12.8. The molecule has 2 rings (SSSR count). The van der Waals surface area contributed by atoms with Crippen molar-refractivity contribution in [3.63, 3.8) is 0 Å². The molecule has 3 N–H and O–H groups in total. The number of aromatic nitrogens is 1. The molecule has 1 saturated heterocycles. The van der Waals surface area contributed by atoms with Crippen molar-refractivity contribution in [1.29, 1.82) is 0 Å². The Kier molecular flexibility index (Phi) is 5.43. The van der Waals surface area contributed by atoms with E-state index in [4.69, 9.17) is 5.73 Å². The minimum atomic E-state index is -0.125. The number of nitrogens with zero attached hydrogens (tertiary/aromatic N) is 1. The maximum atomic E-state index is 12.3. The molecular formula is C15H23N3OS2. The number of nitrogens with two attached hydrogens (primary N) is 1. The molecular weight excluding hydrogens is 302 g/mol. The molecule has 1 unspecified atom stereocenters. The van der Waals surface area contributed by atoms with E-state index in [0.29, 0.717) is 23.2 Å². The van der Waals surface area contributed by atoms with Crippen LogP contribution in [0.3, 0.4) is 0 Å². The largest absolute Gasteiger partial charge is 0.384 e. The van der Waals surface area contributed by atoms with Crippen LogP contribution in [0.4, 0.5) is 5.82 Å². The van der Waals surface area contributed by atoms with E-state index in [0.717, 1.165) is 11.4 Å². The van der Waals surface area contributed by atoms with Gasteiger partial charge in [0, 0.05) is 45.7 Å². The highest BCUT2D eigenvalue weighted by atomic mass is 32.2. The third-order valence-corrected chi connectivity index (χ3v) is 6.10. The number of pyridine rings is 1. The van der Waals surface area contributed by atoms with Crippen molar-refractivity contribution in [1.82, 2.24) is 10.3 Å². The van der Waals surface area contributed by atoms with E-state index < -0.39 is 0 Å². The van der Waals surface area contributed by atoms with Crippen molar-refractivity contribution in [2.75, 3.05) is 29.5 Å². The van der Waals surface area contributed by atoms with Gasteiger partial charge < -0.3 is 11.1 Å². The van der Waals surface area contributed by atoms with Gasteiger partial charge in [-0.1, -0.05) is 20.8 Å². The van der Waals surface area contributed by atoms with Gasteiger partial charge in [0.05, 0.1) is 0 Å². The molecule has 116 valence electrons. The first kappa shape index (κ1) is 16.5. The number of nitrogen functional groups attached to an aromatic ring is 1. The second-order valence-corrected chi connectivity index (χ2v) is 8.75. The lowest BCUT2D eigenvalue weighted by molar-refractivity contribution is 0.0954. The van der Waals surface area contributed by atoms with E-state index in [2.05, 4.69) is 31.1 Å². The van der Waals surface area contributed by atoms with Crippen molar-refractivity contribution in [3.8, 4) is 0 Å². The van der Waals surface area contributed by atoms with Gasteiger partial charge in [-0.3, -0.25) is 4.79 Å². The SMILES string of the molecule is CC(C)(C)c1cc(C(=O)NCC2CSCCS2)cc(N)n1. The molecule has 0 radical (unpaired) electrons. The lowest BCUT2D eigenvalue weighted by Gasteiger charge is -2.22. The summed E-state index contributed by atoms with van der Waals surface area (Å²) in [6.45, 7) is 6.90. The Labute approximate surface area is 135 Å². The van der Waals surface area contributed by atoms with Crippen LogP contribution in [0, 0.1) is 0 Å². The summed E-state index contributed by atoms with van der Waals surface area (Å²) in [6, 6.07) is 3.49. The van der Waals surface area contributed by atoms with Crippen LogP contribution in [0.25, 0.3) is 0 Å². The molecule has 1 aromatic heterocycles. The highest BCUT2D eigenvalue weighted by Crippen LogP contribution is 2.24. The predicted octanol–water partition coefficient (Wildman–Crippen LogP) is 2.54. The maximum absolute atomic E-state index is 12.3. The van der Waals surface area contributed by atoms with Crippen LogP contribution < -0.4 is 11.1 Å². The molecule has 4 nitrogen and oxygen atoms in total. The Bertz CT molecular complexity index is 508. The average Bonchev–Trinajstić information content (AvgIpc) is 2.44. The predicted molar refractivity (Wildman–Crippen MR) is 93.3 cm³/mol. The van der Waals surface area contributed by atoms with Crippen LogP contribution in [-0.4, -0.2) is 39.9 Å². The van der Waals surface area contributed by atoms with Crippen LogP contribution in [0.5, 0.6) is 0 Å². The minimum Gasteiger partial charge on any atom is -0.384 e. The van der Waals surface area contributed by atoms with Crippen LogP contribution in [-0.2, 0) is 5.41 Å². The van der Waals surface area contributed by atoms with Crippen LogP contribution in [0.2, 0.25) is 0 Å². The fourth-order valence-electron chi connectivity index (χ4n) is 2.03. The number of amides is 1. The quantitative estimate of drug-likeness (QED) is 0.894. The summed E-state index contributed by atoms with van der Waals surface area (Å²) in [7, 11) is 0. The summed E-state index contributed by atoms with van der Waals surface area (Å²) in [5.74, 6) is 3.82. The number of carbonyl (C=O) groups excluding carboxylic acids is 1. The van der Waals surface area contributed by atoms with Crippen LogP contribution in [0.15, 0.2) is 12.1 Å². The highest BCUT2D eigenvalue weighted by Gasteiger charge is 2.20. The number of anilines is 1. The number of hydrogen-bond donors (Lipinski definition) is 2. The molecule has 1 fully saturated rings. The number of nitrogens with one attached hydrogen (secondary N) is 1. The Morgan fingerprint density at radius 2 is 2.19 bits per heavy atom. The first-order valence-corrected chi connectivity index (χ1v) is 9.32. The third-order valence-electron chi connectivity index (χ3n) is 3.25. The Balaban J connectivity index is 2.03. The zero-order chi connectivity index (χ0) is 15.5. The van der Waals surface area contributed by atoms with Gasteiger partial charge in [-0.2, -0.15) is 23.5 Å². The Hall–Kier alpha value is -0.880. The normalized spacial score (nSPS) is 19.3. The summed E-state index contributed by atoms with van der Waals surface area (Å²) >= 11 is 3.89. The summed E-state index contributed by atoms with van der Waals surface area (Å²) < 4.78 is 0. The molecule has 2 heterocycles. The van der Waals surface area contributed by atoms with Crippen LogP contribution >= 0.6 is 23.5 Å². The standard InChI is InChI=1S/C15H23N3OS2/c1-15(2,3)12-6-10(7-13(16)18-12)14(19)17-8-11-9-20-4-5-21-11/h6-7,11H,4-5,8-9H2,1-3H3,(H2,16,18)(H,17,19). The molecule has 0 aromatic carbocycles. The average molecular weight is 326 g/mol. The molecule has 0 bridgehead atoms. The summed E-state index contributed by atoms with van der Waals surface area (Å²) in [5.41, 5.74) is 7.15. The highest BCUT2D eigenvalue weighted by molar-refractivity contribution is 8.06. The van der Waals surface area contributed by atoms with Gasteiger partial charge in [-0.05, 0) is 12.1 Å². The van der Waals surface area contributed by atoms with Crippen molar-refractivity contribution in [2.24, 2.45) is 0 Å². The molecule has 0 aliphatic carbocycles. The lowest BCUT2D eigenvalue weighted by atomic mass is 9.90. The van der Waals surface area contributed by atoms with Gasteiger partial charge >= 0.3 is 0 Å². The molecule has 21 heavy (non-hydrogen) atoms. The minimum absolute atomic E-state index is 0.0641. The fraction of sp³-hybridized carbons (Fsp3) is 0.600. The summed E-state index contributed by atoms with van der Waals surface area (Å²) in [6.07, 6.45) is 0. The molecule has 1 atom stereocenters. The fourth-order valence-corrected chi connectivity index (χ4v) is 4.64. The van der Waals surface area contributed by atoms with Gasteiger partial charge in [-0.15, -0.1) is 0 Å². The maximum Gasteiger partial charge on any atom is 0.251 e. The smallest absolute Gasteiger partial charge is 0.251 e. The molecule has 0 saturated carbocycles. The Morgan fingerprint density at radius 1 is 1.43 bits per heavy atom. The monoisotopic (exact) mass is 325 g/mol. The molecule has 6 heteroatoms. The number of hydrogen-bond acceptors (Lipinski definition) is 5. The molecule has 1 aliphatic rings. The Morgan fingerprint density at radius 3 is 2.81 bits per heavy atom. The van der Waals surface area contributed by atoms with Crippen LogP contribution in [0.1, 0.15) is 36.8 Å². The molecule has 1 aromatic rings. The third kappa shape index (κ3) is 4.81. The van der Waals surface area contributed by atoms with Gasteiger partial charge in [0.15, 0.2) is 0 Å².